The van der Waals surface area contributed by atoms with Crippen molar-refractivity contribution in [2.45, 2.75) is 32.0 Å². The molecule has 2 atom stereocenters. The summed E-state index contributed by atoms with van der Waals surface area (Å²) in [7, 11) is 1.58. The number of esters is 1. The molecule has 0 saturated carbocycles. The fourth-order valence-electron chi connectivity index (χ4n) is 2.04. The van der Waals surface area contributed by atoms with Gasteiger partial charge in [0.2, 0.25) is 0 Å². The topological polar surface area (TPSA) is 120 Å². The van der Waals surface area contributed by atoms with Crippen LogP contribution in [-0.2, 0) is 20.9 Å². The second-order valence-corrected chi connectivity index (χ2v) is 6.47. The number of hydrogen-bond acceptors (Lipinski definition) is 6. The predicted octanol–water partition coefficient (Wildman–Crippen LogP) is 1.03. The molecule has 1 rings (SSSR count). The van der Waals surface area contributed by atoms with E-state index in [2.05, 4.69) is 10.6 Å². The molecule has 0 bridgehead atoms. The zero-order valence-corrected chi connectivity index (χ0v) is 15.9. The van der Waals surface area contributed by atoms with Gasteiger partial charge in [-0.1, -0.05) is 12.1 Å². The number of urea groups is 1. The number of carbonyl (C=O) groups is 3. The number of benzene rings is 1. The summed E-state index contributed by atoms with van der Waals surface area (Å²) in [6.45, 7) is 1.76. The number of ether oxygens (including phenoxy) is 2. The van der Waals surface area contributed by atoms with Crippen LogP contribution >= 0.6 is 11.8 Å². The summed E-state index contributed by atoms with van der Waals surface area (Å²) in [6, 6.07) is 5.53. The number of primary amides is 1. The van der Waals surface area contributed by atoms with Crippen molar-refractivity contribution in [2.75, 3.05) is 19.1 Å². The Morgan fingerprint density at radius 3 is 2.42 bits per heavy atom. The standard InChI is InChI=1S/C17H25N3O5S/c1-11(25-16(22)14(8-9-26-3)20-17(18)23)15(21)19-10-12-4-6-13(24-2)7-5-12/h4-7,11,14H,8-10H2,1-3H3,(H,19,21)(H3,18,20,23)/t11-,14-/m0/s1. The molecule has 26 heavy (non-hydrogen) atoms. The van der Waals surface area contributed by atoms with E-state index in [-0.39, 0.29) is 0 Å². The highest BCUT2D eigenvalue weighted by molar-refractivity contribution is 7.98. The highest BCUT2D eigenvalue weighted by Crippen LogP contribution is 2.11. The molecule has 0 unspecified atom stereocenters. The molecule has 0 saturated heterocycles. The van der Waals surface area contributed by atoms with Crippen molar-refractivity contribution >= 4 is 29.7 Å². The van der Waals surface area contributed by atoms with E-state index in [0.717, 1.165) is 11.3 Å². The molecule has 8 nitrogen and oxygen atoms in total. The molecule has 0 radical (unpaired) electrons. The van der Waals surface area contributed by atoms with Gasteiger partial charge in [0, 0.05) is 6.54 Å². The summed E-state index contributed by atoms with van der Waals surface area (Å²) in [5, 5.41) is 5.03. The molecule has 0 heterocycles. The smallest absolute Gasteiger partial charge is 0.329 e. The minimum Gasteiger partial charge on any atom is -0.497 e. The minimum absolute atomic E-state index is 0.292. The van der Waals surface area contributed by atoms with Gasteiger partial charge in [-0.15, -0.1) is 0 Å². The largest absolute Gasteiger partial charge is 0.497 e. The first-order chi connectivity index (χ1) is 12.4. The van der Waals surface area contributed by atoms with Crippen LogP contribution in [0.1, 0.15) is 18.9 Å². The number of carbonyl (C=O) groups excluding carboxylic acids is 3. The van der Waals surface area contributed by atoms with E-state index >= 15 is 0 Å². The van der Waals surface area contributed by atoms with Crippen molar-refractivity contribution in [2.24, 2.45) is 5.73 Å². The van der Waals surface area contributed by atoms with Gasteiger partial charge in [-0.3, -0.25) is 4.79 Å². The third-order valence-electron chi connectivity index (χ3n) is 3.50. The Morgan fingerprint density at radius 1 is 1.23 bits per heavy atom. The Balaban J connectivity index is 2.52. The van der Waals surface area contributed by atoms with Crippen molar-refractivity contribution in [1.82, 2.24) is 10.6 Å². The summed E-state index contributed by atoms with van der Waals surface area (Å²) < 4.78 is 10.2. The molecule has 0 aliphatic rings. The van der Waals surface area contributed by atoms with Gasteiger partial charge in [-0.05, 0) is 43.0 Å². The van der Waals surface area contributed by atoms with E-state index < -0.39 is 30.1 Å². The summed E-state index contributed by atoms with van der Waals surface area (Å²) in [5.74, 6) is 0.236. The Hall–Kier alpha value is -2.42. The summed E-state index contributed by atoms with van der Waals surface area (Å²) in [4.78, 5) is 35.3. The van der Waals surface area contributed by atoms with Crippen LogP contribution in [0.2, 0.25) is 0 Å². The number of amides is 3. The van der Waals surface area contributed by atoms with Crippen molar-refractivity contribution in [1.29, 1.82) is 0 Å². The van der Waals surface area contributed by atoms with Gasteiger partial charge in [-0.25, -0.2) is 9.59 Å². The number of nitrogens with one attached hydrogen (secondary N) is 2. The Morgan fingerprint density at radius 2 is 1.88 bits per heavy atom. The fraction of sp³-hybridized carbons (Fsp3) is 0.471. The van der Waals surface area contributed by atoms with Gasteiger partial charge < -0.3 is 25.8 Å². The highest BCUT2D eigenvalue weighted by Gasteiger charge is 2.25. The Bertz CT molecular complexity index is 609. The molecule has 9 heteroatoms. The number of methoxy groups -OCH3 is 1. The second kappa shape index (κ2) is 11.2. The van der Waals surface area contributed by atoms with Crippen LogP contribution in [-0.4, -0.2) is 49.2 Å². The third-order valence-corrected chi connectivity index (χ3v) is 4.14. The molecule has 1 aromatic carbocycles. The predicted molar refractivity (Wildman–Crippen MR) is 99.9 cm³/mol. The fourth-order valence-corrected chi connectivity index (χ4v) is 2.51. The zero-order chi connectivity index (χ0) is 19.5. The quantitative estimate of drug-likeness (QED) is 0.519. The van der Waals surface area contributed by atoms with Gasteiger partial charge in [0.1, 0.15) is 11.8 Å². The molecular weight excluding hydrogens is 358 g/mol. The third kappa shape index (κ3) is 7.64. The Kier molecular flexibility index (Phi) is 9.35. The molecule has 0 aromatic heterocycles. The molecule has 1 aromatic rings. The number of thioether (sulfide) groups is 1. The van der Waals surface area contributed by atoms with Crippen molar-refractivity contribution in [3.05, 3.63) is 29.8 Å². The average Bonchev–Trinajstić information content (AvgIpc) is 2.63. The van der Waals surface area contributed by atoms with Gasteiger partial charge in [0.25, 0.3) is 5.91 Å². The lowest BCUT2D eigenvalue weighted by molar-refractivity contribution is -0.156. The van der Waals surface area contributed by atoms with Crippen LogP contribution in [0.15, 0.2) is 24.3 Å². The van der Waals surface area contributed by atoms with Crippen molar-refractivity contribution < 1.29 is 23.9 Å². The number of nitrogens with two attached hydrogens (primary N) is 1. The first-order valence-corrected chi connectivity index (χ1v) is 9.42. The van der Waals surface area contributed by atoms with Gasteiger partial charge in [0.15, 0.2) is 6.10 Å². The molecule has 3 amide bonds. The summed E-state index contributed by atoms with van der Waals surface area (Å²) in [6.07, 6.45) is 1.25. The molecule has 0 aliphatic heterocycles. The number of rotatable bonds is 10. The maximum absolute atomic E-state index is 12.1. The Labute approximate surface area is 157 Å². The maximum atomic E-state index is 12.1. The average molecular weight is 383 g/mol. The monoisotopic (exact) mass is 383 g/mol. The highest BCUT2D eigenvalue weighted by atomic mass is 32.2. The van der Waals surface area contributed by atoms with Crippen LogP contribution < -0.4 is 21.1 Å². The van der Waals surface area contributed by atoms with Crippen molar-refractivity contribution in [3.63, 3.8) is 0 Å². The number of hydrogen-bond donors (Lipinski definition) is 3. The van der Waals surface area contributed by atoms with E-state index in [1.165, 1.54) is 18.7 Å². The SMILES string of the molecule is COc1ccc(CNC(=O)[C@H](C)OC(=O)[C@H](CCSC)NC(N)=O)cc1. The van der Waals surface area contributed by atoms with Crippen LogP contribution in [0.5, 0.6) is 5.75 Å². The van der Waals surface area contributed by atoms with Crippen molar-refractivity contribution in [3.8, 4) is 5.75 Å². The lowest BCUT2D eigenvalue weighted by Crippen LogP contribution is -2.47. The van der Waals surface area contributed by atoms with Gasteiger partial charge >= 0.3 is 12.0 Å². The first-order valence-electron chi connectivity index (χ1n) is 8.03. The van der Waals surface area contributed by atoms with E-state index in [9.17, 15) is 14.4 Å². The molecule has 0 spiro atoms. The maximum Gasteiger partial charge on any atom is 0.329 e. The lowest BCUT2D eigenvalue weighted by atomic mass is 10.2. The van der Waals surface area contributed by atoms with Crippen LogP contribution in [0, 0.1) is 0 Å². The second-order valence-electron chi connectivity index (χ2n) is 5.49. The van der Waals surface area contributed by atoms with E-state index in [1.807, 2.05) is 18.4 Å². The zero-order valence-electron chi connectivity index (χ0n) is 15.1. The summed E-state index contributed by atoms with van der Waals surface area (Å²) in [5.41, 5.74) is 5.95. The first kappa shape index (κ1) is 21.6. The van der Waals surface area contributed by atoms with Crippen LogP contribution in [0.4, 0.5) is 4.79 Å². The molecule has 144 valence electrons. The van der Waals surface area contributed by atoms with Gasteiger partial charge in [-0.2, -0.15) is 11.8 Å². The van der Waals surface area contributed by atoms with Crippen LogP contribution in [0.3, 0.4) is 0 Å². The summed E-state index contributed by atoms with van der Waals surface area (Å²) >= 11 is 1.52. The molecule has 0 aliphatic carbocycles. The van der Waals surface area contributed by atoms with E-state index in [1.54, 1.807) is 19.2 Å². The molecule has 0 fully saturated rings. The normalized spacial score (nSPS) is 12.6. The van der Waals surface area contributed by atoms with Crippen LogP contribution in [0.25, 0.3) is 0 Å². The van der Waals surface area contributed by atoms with E-state index in [4.69, 9.17) is 15.2 Å². The molecular formula is C17H25N3O5S. The minimum atomic E-state index is -0.993. The molecule has 4 N–H and O–H groups in total. The van der Waals surface area contributed by atoms with E-state index in [0.29, 0.717) is 18.7 Å². The lowest BCUT2D eigenvalue weighted by Gasteiger charge is -2.19. The van der Waals surface area contributed by atoms with Gasteiger partial charge in [0.05, 0.1) is 7.11 Å².